The van der Waals surface area contributed by atoms with Crippen LogP contribution in [0.2, 0.25) is 0 Å². The number of H-pyrrole nitrogens is 1. The molecule has 1 aromatic rings. The molecule has 0 aliphatic carbocycles. The van der Waals surface area contributed by atoms with Crippen molar-refractivity contribution in [2.75, 3.05) is 6.61 Å². The van der Waals surface area contributed by atoms with E-state index in [1.54, 1.807) is 13.8 Å². The van der Waals surface area contributed by atoms with Crippen LogP contribution in [0.15, 0.2) is 23.1 Å². The van der Waals surface area contributed by atoms with Crippen LogP contribution < -0.4 is 10.9 Å². The molecule has 0 aliphatic heterocycles. The van der Waals surface area contributed by atoms with E-state index in [1.807, 2.05) is 0 Å². The van der Waals surface area contributed by atoms with Gasteiger partial charge in [-0.25, -0.2) is 0 Å². The topological polar surface area (TPSA) is 82.2 Å². The van der Waals surface area contributed by atoms with Crippen molar-refractivity contribution < 1.29 is 9.90 Å². The number of aliphatic hydroxyl groups excluding tert-OH is 1. The van der Waals surface area contributed by atoms with Gasteiger partial charge in [0.2, 0.25) is 5.56 Å². The largest absolute Gasteiger partial charge is 0.394 e. The van der Waals surface area contributed by atoms with E-state index in [9.17, 15) is 9.59 Å². The Morgan fingerprint density at radius 2 is 2.20 bits per heavy atom. The first kappa shape index (κ1) is 11.5. The van der Waals surface area contributed by atoms with E-state index in [1.165, 1.54) is 18.3 Å². The smallest absolute Gasteiger partial charge is 0.253 e. The molecule has 1 amide bonds. The lowest BCUT2D eigenvalue weighted by Gasteiger charge is -2.23. The van der Waals surface area contributed by atoms with Crippen LogP contribution in [-0.2, 0) is 0 Å². The molecule has 0 aliphatic rings. The highest BCUT2D eigenvalue weighted by Crippen LogP contribution is 2.02. The highest BCUT2D eigenvalue weighted by atomic mass is 16.3. The van der Waals surface area contributed by atoms with Gasteiger partial charge in [-0.3, -0.25) is 9.59 Å². The summed E-state index contributed by atoms with van der Waals surface area (Å²) in [5, 5.41) is 11.6. The van der Waals surface area contributed by atoms with Crippen molar-refractivity contribution in [2.45, 2.75) is 19.4 Å². The monoisotopic (exact) mass is 210 g/mol. The Hall–Kier alpha value is -1.62. The minimum Gasteiger partial charge on any atom is -0.394 e. The van der Waals surface area contributed by atoms with E-state index in [0.717, 1.165) is 0 Å². The average Bonchev–Trinajstić information content (AvgIpc) is 2.18. The van der Waals surface area contributed by atoms with Crippen LogP contribution in [0, 0.1) is 0 Å². The normalized spacial score (nSPS) is 11.1. The molecule has 5 heteroatoms. The molecule has 0 atom stereocenters. The van der Waals surface area contributed by atoms with Gasteiger partial charge in [-0.2, -0.15) is 0 Å². The lowest BCUT2D eigenvalue weighted by molar-refractivity contribution is 0.0869. The predicted molar refractivity (Wildman–Crippen MR) is 55.7 cm³/mol. The van der Waals surface area contributed by atoms with Crippen molar-refractivity contribution in [3.63, 3.8) is 0 Å². The van der Waals surface area contributed by atoms with Crippen LogP contribution >= 0.6 is 0 Å². The van der Waals surface area contributed by atoms with E-state index in [0.29, 0.717) is 5.56 Å². The Bertz CT molecular complexity index is 389. The molecule has 5 nitrogen and oxygen atoms in total. The molecule has 0 saturated heterocycles. The minimum absolute atomic E-state index is 0.151. The maximum Gasteiger partial charge on any atom is 0.253 e. The number of aromatic amines is 1. The molecule has 1 rings (SSSR count). The molecule has 0 bridgehead atoms. The number of nitrogens with one attached hydrogen (secondary N) is 2. The third kappa shape index (κ3) is 3.21. The van der Waals surface area contributed by atoms with Crippen molar-refractivity contribution in [3.05, 3.63) is 34.2 Å². The quantitative estimate of drug-likeness (QED) is 0.650. The SMILES string of the molecule is CC(C)(CO)NC(=O)c1ccc(=O)[nH]c1. The fraction of sp³-hybridized carbons (Fsp3) is 0.400. The molecule has 1 heterocycles. The first-order valence-electron chi connectivity index (χ1n) is 4.57. The Labute approximate surface area is 87.1 Å². The zero-order valence-electron chi connectivity index (χ0n) is 8.70. The maximum absolute atomic E-state index is 11.6. The summed E-state index contributed by atoms with van der Waals surface area (Å²) in [6.07, 6.45) is 1.34. The number of hydrogen-bond acceptors (Lipinski definition) is 3. The Balaban J connectivity index is 2.78. The van der Waals surface area contributed by atoms with E-state index in [-0.39, 0.29) is 18.1 Å². The average molecular weight is 210 g/mol. The molecule has 0 spiro atoms. The number of rotatable bonds is 3. The number of amides is 1. The lowest BCUT2D eigenvalue weighted by atomic mass is 10.1. The number of aromatic nitrogens is 1. The molecule has 1 aromatic heterocycles. The Kier molecular flexibility index (Phi) is 3.26. The van der Waals surface area contributed by atoms with Crippen molar-refractivity contribution in [1.29, 1.82) is 0 Å². The zero-order valence-corrected chi connectivity index (χ0v) is 8.70. The lowest BCUT2D eigenvalue weighted by Crippen LogP contribution is -2.46. The second kappa shape index (κ2) is 4.27. The van der Waals surface area contributed by atoms with E-state index < -0.39 is 5.54 Å². The maximum atomic E-state index is 11.6. The summed E-state index contributed by atoms with van der Waals surface area (Å²) in [4.78, 5) is 24.8. The van der Waals surface area contributed by atoms with Gasteiger partial charge in [-0.1, -0.05) is 0 Å². The summed E-state index contributed by atoms with van der Waals surface area (Å²) in [5.74, 6) is -0.328. The third-order valence-corrected chi connectivity index (χ3v) is 1.89. The van der Waals surface area contributed by atoms with Crippen molar-refractivity contribution in [1.82, 2.24) is 10.3 Å². The fourth-order valence-corrected chi connectivity index (χ4v) is 0.971. The number of pyridine rings is 1. The summed E-state index contributed by atoms with van der Waals surface area (Å²) in [6.45, 7) is 3.26. The van der Waals surface area contributed by atoms with Gasteiger partial charge >= 0.3 is 0 Å². The highest BCUT2D eigenvalue weighted by molar-refractivity contribution is 5.94. The highest BCUT2D eigenvalue weighted by Gasteiger charge is 2.19. The van der Waals surface area contributed by atoms with Crippen molar-refractivity contribution in [3.8, 4) is 0 Å². The van der Waals surface area contributed by atoms with Crippen molar-refractivity contribution >= 4 is 5.91 Å². The second-order valence-corrected chi connectivity index (χ2v) is 3.94. The fourth-order valence-electron chi connectivity index (χ4n) is 0.971. The number of hydrogen-bond donors (Lipinski definition) is 3. The third-order valence-electron chi connectivity index (χ3n) is 1.89. The van der Waals surface area contributed by atoms with Gasteiger partial charge in [0.25, 0.3) is 5.91 Å². The summed E-state index contributed by atoms with van der Waals surface area (Å²) >= 11 is 0. The van der Waals surface area contributed by atoms with Crippen LogP contribution in [-0.4, -0.2) is 28.1 Å². The molecule has 0 radical (unpaired) electrons. The molecule has 82 valence electrons. The van der Waals surface area contributed by atoms with E-state index in [2.05, 4.69) is 10.3 Å². The number of carbonyl (C=O) groups is 1. The van der Waals surface area contributed by atoms with Gasteiger partial charge in [0, 0.05) is 12.3 Å². The molecule has 0 unspecified atom stereocenters. The van der Waals surface area contributed by atoms with Gasteiger partial charge in [0.1, 0.15) is 0 Å². The first-order valence-corrected chi connectivity index (χ1v) is 4.57. The van der Waals surface area contributed by atoms with Gasteiger partial charge in [-0.15, -0.1) is 0 Å². The van der Waals surface area contributed by atoms with Crippen LogP contribution in [0.4, 0.5) is 0 Å². The number of aliphatic hydroxyl groups is 1. The Morgan fingerprint density at radius 3 is 2.67 bits per heavy atom. The van der Waals surface area contributed by atoms with Crippen LogP contribution in [0.5, 0.6) is 0 Å². The van der Waals surface area contributed by atoms with Gasteiger partial charge in [0.05, 0.1) is 17.7 Å². The summed E-state index contributed by atoms with van der Waals surface area (Å²) in [5.41, 5.74) is -0.572. The van der Waals surface area contributed by atoms with Gasteiger partial charge in [0.15, 0.2) is 0 Å². The minimum atomic E-state index is -0.673. The molecule has 0 aromatic carbocycles. The zero-order chi connectivity index (χ0) is 11.5. The van der Waals surface area contributed by atoms with Gasteiger partial charge < -0.3 is 15.4 Å². The Morgan fingerprint density at radius 1 is 1.53 bits per heavy atom. The standard InChI is InChI=1S/C10H14N2O3/c1-10(2,6-13)12-9(15)7-3-4-8(14)11-5-7/h3-5,13H,6H2,1-2H3,(H,11,14)(H,12,15). The van der Waals surface area contributed by atoms with Crippen LogP contribution in [0.1, 0.15) is 24.2 Å². The molecule has 0 saturated carbocycles. The predicted octanol–water partition coefficient (Wildman–Crippen LogP) is -0.124. The summed E-state index contributed by atoms with van der Waals surface area (Å²) in [7, 11) is 0. The van der Waals surface area contributed by atoms with Crippen LogP contribution in [0.3, 0.4) is 0 Å². The van der Waals surface area contributed by atoms with Crippen molar-refractivity contribution in [2.24, 2.45) is 0 Å². The first-order chi connectivity index (χ1) is 6.94. The second-order valence-electron chi connectivity index (χ2n) is 3.94. The molecular formula is C10H14N2O3. The van der Waals surface area contributed by atoms with E-state index in [4.69, 9.17) is 5.11 Å². The number of carbonyl (C=O) groups excluding carboxylic acids is 1. The van der Waals surface area contributed by atoms with E-state index >= 15 is 0 Å². The molecular weight excluding hydrogens is 196 g/mol. The van der Waals surface area contributed by atoms with Gasteiger partial charge in [-0.05, 0) is 19.9 Å². The molecule has 0 fully saturated rings. The van der Waals surface area contributed by atoms with Crippen LogP contribution in [0.25, 0.3) is 0 Å². The summed E-state index contributed by atoms with van der Waals surface area (Å²) < 4.78 is 0. The molecule has 15 heavy (non-hydrogen) atoms. The molecule has 3 N–H and O–H groups in total. The summed E-state index contributed by atoms with van der Waals surface area (Å²) in [6, 6.07) is 2.71.